The van der Waals surface area contributed by atoms with E-state index in [1.165, 1.54) is 23.6 Å². The van der Waals surface area contributed by atoms with Gasteiger partial charge in [0.05, 0.1) is 19.1 Å². The van der Waals surface area contributed by atoms with Crippen LogP contribution in [0.2, 0.25) is 0 Å². The molecule has 26 heavy (non-hydrogen) atoms. The number of aromatic nitrogens is 2. The van der Waals surface area contributed by atoms with Crippen molar-refractivity contribution in [2.75, 3.05) is 7.11 Å². The van der Waals surface area contributed by atoms with E-state index in [4.69, 9.17) is 4.74 Å². The lowest BCUT2D eigenvalue weighted by atomic mass is 9.89. The van der Waals surface area contributed by atoms with Crippen molar-refractivity contribution in [3.05, 3.63) is 68.5 Å². The molecule has 0 radical (unpaired) electrons. The Bertz CT molecular complexity index is 1030. The Hall–Kier alpha value is -2.87. The van der Waals surface area contributed by atoms with Crippen molar-refractivity contribution >= 4 is 27.5 Å². The molecule has 2 aromatic heterocycles. The van der Waals surface area contributed by atoms with Gasteiger partial charge in [-0.1, -0.05) is 12.1 Å². The average molecular weight is 419 g/mol. The minimum absolute atomic E-state index is 0.0170. The first kappa shape index (κ1) is 17.9. The number of aromatic hydroxyl groups is 2. The summed E-state index contributed by atoms with van der Waals surface area (Å²) in [6.45, 7) is 0. The lowest BCUT2D eigenvalue weighted by molar-refractivity contribution is -0.140. The topological polar surface area (TPSA) is 101 Å². The second-order valence-electron chi connectivity index (χ2n) is 5.65. The molecule has 0 unspecified atom stereocenters. The van der Waals surface area contributed by atoms with Crippen LogP contribution in [0.15, 0.2) is 51.9 Å². The van der Waals surface area contributed by atoms with Crippen LogP contribution < -0.4 is 5.56 Å². The minimum Gasteiger partial charge on any atom is -0.508 e. The summed E-state index contributed by atoms with van der Waals surface area (Å²) < 4.78 is 6.69. The quantitative estimate of drug-likeness (QED) is 0.631. The molecule has 0 spiro atoms. The summed E-state index contributed by atoms with van der Waals surface area (Å²) in [6.07, 6.45) is 1.38. The Balaban J connectivity index is 2.24. The van der Waals surface area contributed by atoms with Crippen molar-refractivity contribution in [3.63, 3.8) is 0 Å². The van der Waals surface area contributed by atoms with Gasteiger partial charge in [0.15, 0.2) is 0 Å². The summed E-state index contributed by atoms with van der Waals surface area (Å²) in [4.78, 5) is 29.0. The number of ether oxygens (including phenoxy) is 1. The number of hydrogen-bond acceptors (Lipinski definition) is 6. The third-order valence-corrected chi connectivity index (χ3v) is 4.51. The maximum Gasteiger partial charge on any atom is 0.306 e. The number of pyridine rings is 1. The van der Waals surface area contributed by atoms with Gasteiger partial charge in [0.1, 0.15) is 11.4 Å². The summed E-state index contributed by atoms with van der Waals surface area (Å²) in [5.74, 6) is -1.72. The first-order valence-corrected chi connectivity index (χ1v) is 8.46. The van der Waals surface area contributed by atoms with Crippen LogP contribution in [-0.4, -0.2) is 32.7 Å². The number of phenolic OH excluding ortho intramolecular Hbond substituents is 1. The predicted octanol–water partition coefficient (Wildman–Crippen LogP) is 2.56. The smallest absolute Gasteiger partial charge is 0.306 e. The largest absolute Gasteiger partial charge is 0.508 e. The van der Waals surface area contributed by atoms with E-state index in [1.807, 2.05) is 0 Å². The maximum atomic E-state index is 13.0. The summed E-state index contributed by atoms with van der Waals surface area (Å²) in [5.41, 5.74) is 0.340. The number of methoxy groups -OCH3 is 1. The predicted molar refractivity (Wildman–Crippen MR) is 97.4 cm³/mol. The molecule has 0 aliphatic heterocycles. The SMILES string of the molecule is COC(=O)C[C@@H](c1ccc(O)cc1)c1c(O)nc2ccc(Br)cn2c1=O. The fourth-order valence-corrected chi connectivity index (χ4v) is 3.10. The second-order valence-corrected chi connectivity index (χ2v) is 6.57. The van der Waals surface area contributed by atoms with Crippen LogP contribution in [-0.2, 0) is 9.53 Å². The lowest BCUT2D eigenvalue weighted by Crippen LogP contribution is -2.24. The van der Waals surface area contributed by atoms with Crippen molar-refractivity contribution in [2.45, 2.75) is 12.3 Å². The highest BCUT2D eigenvalue weighted by atomic mass is 79.9. The summed E-state index contributed by atoms with van der Waals surface area (Å²) in [6, 6.07) is 9.34. The van der Waals surface area contributed by atoms with E-state index in [9.17, 15) is 19.8 Å². The molecule has 7 nitrogen and oxygen atoms in total. The van der Waals surface area contributed by atoms with Crippen molar-refractivity contribution in [1.82, 2.24) is 9.38 Å². The van der Waals surface area contributed by atoms with E-state index in [0.29, 0.717) is 10.0 Å². The van der Waals surface area contributed by atoms with E-state index in [0.717, 1.165) is 0 Å². The molecular formula is C18H15BrN2O5. The summed E-state index contributed by atoms with van der Waals surface area (Å²) in [7, 11) is 1.25. The van der Waals surface area contributed by atoms with Gasteiger partial charge in [-0.3, -0.25) is 14.0 Å². The molecule has 8 heteroatoms. The number of carbonyl (C=O) groups is 1. The normalized spacial score (nSPS) is 12.1. The molecule has 3 rings (SSSR count). The lowest BCUT2D eigenvalue weighted by Gasteiger charge is -2.17. The zero-order valence-corrected chi connectivity index (χ0v) is 15.3. The highest BCUT2D eigenvalue weighted by Crippen LogP contribution is 2.32. The van der Waals surface area contributed by atoms with Gasteiger partial charge in [-0.05, 0) is 45.8 Å². The van der Waals surface area contributed by atoms with Crippen LogP contribution in [0, 0.1) is 0 Å². The van der Waals surface area contributed by atoms with Gasteiger partial charge in [0, 0.05) is 16.6 Å². The molecule has 1 atom stereocenters. The van der Waals surface area contributed by atoms with Gasteiger partial charge in [0.25, 0.3) is 5.56 Å². The molecule has 0 aliphatic carbocycles. The van der Waals surface area contributed by atoms with Crippen molar-refractivity contribution in [1.29, 1.82) is 0 Å². The zero-order valence-electron chi connectivity index (χ0n) is 13.7. The number of carbonyl (C=O) groups excluding carboxylic acids is 1. The number of benzene rings is 1. The van der Waals surface area contributed by atoms with Crippen molar-refractivity contribution < 1.29 is 19.7 Å². The Morgan fingerprint density at radius 2 is 1.92 bits per heavy atom. The molecule has 3 aromatic rings. The third-order valence-electron chi connectivity index (χ3n) is 4.04. The van der Waals surface area contributed by atoms with Crippen LogP contribution in [0.25, 0.3) is 5.65 Å². The molecule has 0 aliphatic rings. The fourth-order valence-electron chi connectivity index (χ4n) is 2.76. The number of phenols is 1. The minimum atomic E-state index is -0.779. The second kappa shape index (κ2) is 7.17. The highest BCUT2D eigenvalue weighted by Gasteiger charge is 2.27. The number of fused-ring (bicyclic) bond motifs is 1. The molecule has 0 saturated carbocycles. The van der Waals surface area contributed by atoms with Crippen LogP contribution in [0.4, 0.5) is 0 Å². The van der Waals surface area contributed by atoms with Crippen molar-refractivity contribution in [3.8, 4) is 11.6 Å². The molecule has 0 saturated heterocycles. The van der Waals surface area contributed by atoms with Crippen LogP contribution in [0.3, 0.4) is 0 Å². The van der Waals surface area contributed by atoms with Gasteiger partial charge >= 0.3 is 5.97 Å². The standard InChI is InChI=1S/C18H15BrN2O5/c1-26-15(23)8-13(10-2-5-12(22)6-3-10)16-17(24)20-14-7-4-11(19)9-21(14)18(16)25/h2-7,9,13,22,24H,8H2,1H3/t13-/m0/s1. The Morgan fingerprint density at radius 1 is 1.23 bits per heavy atom. The number of hydrogen-bond donors (Lipinski definition) is 2. The van der Waals surface area contributed by atoms with Gasteiger partial charge in [0.2, 0.25) is 5.88 Å². The number of esters is 1. The van der Waals surface area contributed by atoms with E-state index >= 15 is 0 Å². The molecule has 0 fully saturated rings. The highest BCUT2D eigenvalue weighted by molar-refractivity contribution is 9.10. The maximum absolute atomic E-state index is 13.0. The molecule has 134 valence electrons. The van der Waals surface area contributed by atoms with E-state index in [1.54, 1.807) is 30.5 Å². The van der Waals surface area contributed by atoms with Crippen LogP contribution in [0.5, 0.6) is 11.6 Å². The van der Waals surface area contributed by atoms with Crippen LogP contribution in [0.1, 0.15) is 23.5 Å². The summed E-state index contributed by atoms with van der Waals surface area (Å²) >= 11 is 3.30. The Morgan fingerprint density at radius 3 is 2.58 bits per heavy atom. The van der Waals surface area contributed by atoms with Crippen LogP contribution >= 0.6 is 15.9 Å². The van der Waals surface area contributed by atoms with Gasteiger partial charge in [-0.2, -0.15) is 4.98 Å². The van der Waals surface area contributed by atoms with Gasteiger partial charge < -0.3 is 14.9 Å². The zero-order chi connectivity index (χ0) is 18.8. The van der Waals surface area contributed by atoms with E-state index in [2.05, 4.69) is 20.9 Å². The molecular weight excluding hydrogens is 404 g/mol. The molecule has 0 amide bonds. The Kier molecular flexibility index (Phi) is 4.94. The van der Waals surface area contributed by atoms with Gasteiger partial charge in [-0.25, -0.2) is 0 Å². The molecule has 2 N–H and O–H groups in total. The van der Waals surface area contributed by atoms with E-state index < -0.39 is 23.3 Å². The average Bonchev–Trinajstić information content (AvgIpc) is 2.62. The first-order valence-electron chi connectivity index (χ1n) is 7.67. The van der Waals surface area contributed by atoms with Crippen molar-refractivity contribution in [2.24, 2.45) is 0 Å². The summed E-state index contributed by atoms with van der Waals surface area (Å²) in [5, 5.41) is 19.9. The molecule has 0 bridgehead atoms. The monoisotopic (exact) mass is 418 g/mol. The fraction of sp³-hybridized carbons (Fsp3) is 0.167. The molecule has 2 heterocycles. The molecule has 1 aromatic carbocycles. The number of rotatable bonds is 4. The van der Waals surface area contributed by atoms with Gasteiger partial charge in [-0.15, -0.1) is 0 Å². The third kappa shape index (κ3) is 3.41. The number of halogens is 1. The Labute approximate surface area is 156 Å². The van der Waals surface area contributed by atoms with E-state index in [-0.39, 0.29) is 23.4 Å². The first-order chi connectivity index (χ1) is 12.4. The number of nitrogens with zero attached hydrogens (tertiary/aromatic N) is 2.